The molecule has 0 heterocycles. The standard InChI is InChI=1S/C21H26F3NO3/c1-20(2,12-15-7-9-18(27-3)10-8-15)25-13-17(26)14-28-19-6-4-5-16(11-19)21(22,23)24/h4-11,17,25-26H,12-14H2,1-3H3. The van der Waals surface area contributed by atoms with Crippen LogP contribution in [0.25, 0.3) is 0 Å². The Bertz CT molecular complexity index is 745. The van der Waals surface area contributed by atoms with Crippen molar-refractivity contribution in [3.05, 3.63) is 59.7 Å². The lowest BCUT2D eigenvalue weighted by atomic mass is 9.94. The summed E-state index contributed by atoms with van der Waals surface area (Å²) in [5.41, 5.74) is 0.0532. The summed E-state index contributed by atoms with van der Waals surface area (Å²) in [5.74, 6) is 0.864. The summed E-state index contributed by atoms with van der Waals surface area (Å²) in [6.45, 7) is 4.17. The number of hydrogen-bond donors (Lipinski definition) is 2. The molecular weight excluding hydrogens is 371 g/mol. The van der Waals surface area contributed by atoms with Crippen molar-refractivity contribution in [2.45, 2.75) is 38.1 Å². The molecule has 7 heteroatoms. The molecule has 2 rings (SSSR count). The van der Waals surface area contributed by atoms with Crippen LogP contribution in [-0.4, -0.2) is 37.0 Å². The molecule has 0 spiro atoms. The first-order valence-corrected chi connectivity index (χ1v) is 8.95. The van der Waals surface area contributed by atoms with Crippen LogP contribution >= 0.6 is 0 Å². The van der Waals surface area contributed by atoms with E-state index in [0.717, 1.165) is 29.9 Å². The lowest BCUT2D eigenvalue weighted by molar-refractivity contribution is -0.137. The summed E-state index contributed by atoms with van der Waals surface area (Å²) in [4.78, 5) is 0. The van der Waals surface area contributed by atoms with E-state index in [1.54, 1.807) is 7.11 Å². The molecule has 0 saturated carbocycles. The zero-order chi connectivity index (χ0) is 20.8. The Hall–Kier alpha value is -2.25. The average Bonchev–Trinajstić information content (AvgIpc) is 2.65. The number of methoxy groups -OCH3 is 1. The monoisotopic (exact) mass is 397 g/mol. The molecule has 1 unspecified atom stereocenters. The first-order valence-electron chi connectivity index (χ1n) is 8.95. The van der Waals surface area contributed by atoms with E-state index >= 15 is 0 Å². The molecule has 2 aromatic carbocycles. The van der Waals surface area contributed by atoms with Gasteiger partial charge in [-0.1, -0.05) is 18.2 Å². The van der Waals surface area contributed by atoms with Gasteiger partial charge in [0.05, 0.1) is 12.7 Å². The first kappa shape index (κ1) is 22.0. The summed E-state index contributed by atoms with van der Waals surface area (Å²) in [5, 5.41) is 13.4. The van der Waals surface area contributed by atoms with E-state index in [4.69, 9.17) is 9.47 Å². The quantitative estimate of drug-likeness (QED) is 0.670. The van der Waals surface area contributed by atoms with Gasteiger partial charge in [0.15, 0.2) is 0 Å². The molecule has 4 nitrogen and oxygen atoms in total. The second kappa shape index (κ2) is 9.30. The molecule has 0 aliphatic rings. The molecule has 2 N–H and O–H groups in total. The molecule has 0 aliphatic carbocycles. The summed E-state index contributed by atoms with van der Waals surface area (Å²) < 4.78 is 48.6. The summed E-state index contributed by atoms with van der Waals surface area (Å²) >= 11 is 0. The minimum Gasteiger partial charge on any atom is -0.497 e. The molecule has 0 saturated heterocycles. The number of β-amino-alcohol motifs (C(OH)–C–C–N with tert-alkyl or cyclic N) is 1. The third-order valence-corrected chi connectivity index (χ3v) is 4.23. The number of hydrogen-bond acceptors (Lipinski definition) is 4. The predicted octanol–water partition coefficient (Wildman–Crippen LogP) is 4.06. The molecule has 2 aromatic rings. The largest absolute Gasteiger partial charge is 0.497 e. The Morgan fingerprint density at radius 3 is 2.32 bits per heavy atom. The Morgan fingerprint density at radius 1 is 1.04 bits per heavy atom. The molecule has 0 amide bonds. The number of alkyl halides is 3. The summed E-state index contributed by atoms with van der Waals surface area (Å²) in [6, 6.07) is 12.4. The number of benzene rings is 2. The maximum absolute atomic E-state index is 12.7. The highest BCUT2D eigenvalue weighted by atomic mass is 19.4. The number of aliphatic hydroxyl groups is 1. The Morgan fingerprint density at radius 2 is 1.71 bits per heavy atom. The fraction of sp³-hybridized carbons (Fsp3) is 0.429. The molecular formula is C21H26F3NO3. The van der Waals surface area contributed by atoms with E-state index in [1.807, 2.05) is 38.1 Å². The third-order valence-electron chi connectivity index (χ3n) is 4.23. The predicted molar refractivity (Wildman–Crippen MR) is 102 cm³/mol. The van der Waals surface area contributed by atoms with Gasteiger partial charge < -0.3 is 19.9 Å². The molecule has 0 bridgehead atoms. The van der Waals surface area contributed by atoms with Crippen molar-refractivity contribution in [1.29, 1.82) is 0 Å². The van der Waals surface area contributed by atoms with E-state index in [0.29, 0.717) is 0 Å². The van der Waals surface area contributed by atoms with Crippen LogP contribution < -0.4 is 14.8 Å². The van der Waals surface area contributed by atoms with Crippen LogP contribution in [0, 0.1) is 0 Å². The van der Waals surface area contributed by atoms with E-state index in [-0.39, 0.29) is 24.4 Å². The zero-order valence-electron chi connectivity index (χ0n) is 16.2. The van der Waals surface area contributed by atoms with Gasteiger partial charge in [-0.15, -0.1) is 0 Å². The van der Waals surface area contributed by atoms with Gasteiger partial charge in [0, 0.05) is 12.1 Å². The van der Waals surface area contributed by atoms with Crippen molar-refractivity contribution >= 4 is 0 Å². The highest BCUT2D eigenvalue weighted by molar-refractivity contribution is 5.30. The molecule has 28 heavy (non-hydrogen) atoms. The van der Waals surface area contributed by atoms with Gasteiger partial charge in [0.2, 0.25) is 0 Å². The van der Waals surface area contributed by atoms with Crippen LogP contribution in [0.2, 0.25) is 0 Å². The number of halogens is 3. The summed E-state index contributed by atoms with van der Waals surface area (Å²) in [6.07, 6.45) is -4.55. The molecule has 0 fully saturated rings. The van der Waals surface area contributed by atoms with Crippen LogP contribution in [0.3, 0.4) is 0 Å². The van der Waals surface area contributed by atoms with E-state index in [9.17, 15) is 18.3 Å². The molecule has 1 atom stereocenters. The van der Waals surface area contributed by atoms with Gasteiger partial charge in [-0.05, 0) is 56.2 Å². The number of nitrogens with one attached hydrogen (secondary N) is 1. The molecule has 0 radical (unpaired) electrons. The fourth-order valence-corrected chi connectivity index (χ4v) is 2.72. The smallest absolute Gasteiger partial charge is 0.416 e. The van der Waals surface area contributed by atoms with Crippen LogP contribution in [0.4, 0.5) is 13.2 Å². The van der Waals surface area contributed by atoms with Crippen molar-refractivity contribution in [1.82, 2.24) is 5.32 Å². The first-order chi connectivity index (χ1) is 13.1. The van der Waals surface area contributed by atoms with Gasteiger partial charge in [-0.3, -0.25) is 0 Å². The van der Waals surface area contributed by atoms with Gasteiger partial charge in [-0.2, -0.15) is 13.2 Å². The van der Waals surface area contributed by atoms with Crippen LogP contribution in [-0.2, 0) is 12.6 Å². The number of aliphatic hydroxyl groups excluding tert-OH is 1. The lowest BCUT2D eigenvalue weighted by Gasteiger charge is -2.28. The van der Waals surface area contributed by atoms with Gasteiger partial charge in [-0.25, -0.2) is 0 Å². The van der Waals surface area contributed by atoms with Crippen molar-refractivity contribution in [3.8, 4) is 11.5 Å². The average molecular weight is 397 g/mol. The molecule has 0 aliphatic heterocycles. The van der Waals surface area contributed by atoms with E-state index < -0.39 is 17.8 Å². The van der Waals surface area contributed by atoms with Gasteiger partial charge >= 0.3 is 6.18 Å². The summed E-state index contributed by atoms with van der Waals surface area (Å²) in [7, 11) is 1.61. The maximum atomic E-state index is 12.7. The van der Waals surface area contributed by atoms with Gasteiger partial charge in [0.25, 0.3) is 0 Å². The van der Waals surface area contributed by atoms with Crippen molar-refractivity contribution in [3.63, 3.8) is 0 Å². The fourth-order valence-electron chi connectivity index (χ4n) is 2.72. The second-order valence-electron chi connectivity index (χ2n) is 7.28. The minimum atomic E-state index is -4.43. The third kappa shape index (κ3) is 7.05. The SMILES string of the molecule is COc1ccc(CC(C)(C)NCC(O)COc2cccc(C(F)(F)F)c2)cc1. The lowest BCUT2D eigenvalue weighted by Crippen LogP contribution is -2.46. The van der Waals surface area contributed by atoms with Crippen molar-refractivity contribution < 1.29 is 27.8 Å². The topological polar surface area (TPSA) is 50.7 Å². The van der Waals surface area contributed by atoms with E-state index in [2.05, 4.69) is 5.32 Å². The molecule has 0 aromatic heterocycles. The van der Waals surface area contributed by atoms with Crippen LogP contribution in [0.5, 0.6) is 11.5 Å². The minimum absolute atomic E-state index is 0.0753. The van der Waals surface area contributed by atoms with Crippen molar-refractivity contribution in [2.24, 2.45) is 0 Å². The zero-order valence-corrected chi connectivity index (χ0v) is 16.2. The van der Waals surface area contributed by atoms with Gasteiger partial charge in [0.1, 0.15) is 24.2 Å². The number of rotatable bonds is 9. The van der Waals surface area contributed by atoms with E-state index in [1.165, 1.54) is 12.1 Å². The Labute approximate surface area is 163 Å². The Kier molecular flexibility index (Phi) is 7.32. The highest BCUT2D eigenvalue weighted by Gasteiger charge is 2.30. The van der Waals surface area contributed by atoms with Crippen LogP contribution in [0.15, 0.2) is 48.5 Å². The number of ether oxygens (including phenoxy) is 2. The Balaban J connectivity index is 1.81. The normalized spacial score (nSPS) is 13.2. The second-order valence-corrected chi connectivity index (χ2v) is 7.28. The van der Waals surface area contributed by atoms with Crippen molar-refractivity contribution in [2.75, 3.05) is 20.3 Å². The highest BCUT2D eigenvalue weighted by Crippen LogP contribution is 2.31. The molecule has 154 valence electrons. The van der Waals surface area contributed by atoms with Crippen LogP contribution in [0.1, 0.15) is 25.0 Å². The maximum Gasteiger partial charge on any atom is 0.416 e.